The molecule has 0 atom stereocenters. The third-order valence-electron chi connectivity index (χ3n) is 5.35. The van der Waals surface area contributed by atoms with Gasteiger partial charge in [0.15, 0.2) is 0 Å². The van der Waals surface area contributed by atoms with Crippen molar-refractivity contribution >= 4 is 17.5 Å². The van der Waals surface area contributed by atoms with Crippen LogP contribution in [0, 0.1) is 6.92 Å². The summed E-state index contributed by atoms with van der Waals surface area (Å²) in [5, 5.41) is 3.20. The Kier molecular flexibility index (Phi) is 5.73. The van der Waals surface area contributed by atoms with Gasteiger partial charge in [-0.25, -0.2) is 14.8 Å². The first-order valence-electron chi connectivity index (χ1n) is 10.0. The molecule has 2 amide bonds. The number of fused-ring (bicyclic) bond motifs is 1. The van der Waals surface area contributed by atoms with Gasteiger partial charge in [-0.15, -0.1) is 0 Å². The maximum atomic E-state index is 13.0. The molecule has 0 saturated heterocycles. The highest BCUT2D eigenvalue weighted by Gasteiger charge is 2.30. The number of rotatable bonds is 4. The molecular formula is C23H22F3N5O. The van der Waals surface area contributed by atoms with Gasteiger partial charge in [0.05, 0.1) is 24.3 Å². The first kappa shape index (κ1) is 21.6. The summed E-state index contributed by atoms with van der Waals surface area (Å²) >= 11 is 0. The van der Waals surface area contributed by atoms with Crippen LogP contribution in [-0.2, 0) is 25.8 Å². The maximum absolute atomic E-state index is 13.0. The molecule has 0 bridgehead atoms. The summed E-state index contributed by atoms with van der Waals surface area (Å²) in [5.41, 5.74) is 3.30. The molecule has 1 aliphatic rings. The van der Waals surface area contributed by atoms with Crippen LogP contribution in [0.15, 0.2) is 54.9 Å². The molecule has 32 heavy (non-hydrogen) atoms. The molecule has 0 saturated carbocycles. The fraction of sp³-hybridized carbons (Fsp3) is 0.261. The van der Waals surface area contributed by atoms with Crippen LogP contribution in [-0.4, -0.2) is 27.9 Å². The van der Waals surface area contributed by atoms with E-state index in [4.69, 9.17) is 0 Å². The minimum atomic E-state index is -4.37. The van der Waals surface area contributed by atoms with E-state index in [1.165, 1.54) is 18.5 Å². The number of anilines is 2. The van der Waals surface area contributed by atoms with E-state index in [0.717, 1.165) is 34.6 Å². The molecule has 166 valence electrons. The van der Waals surface area contributed by atoms with E-state index in [9.17, 15) is 18.0 Å². The minimum absolute atomic E-state index is 0.151. The topological polar surface area (TPSA) is 61.4 Å². The van der Waals surface area contributed by atoms with Crippen molar-refractivity contribution in [1.29, 1.82) is 0 Å². The van der Waals surface area contributed by atoms with Crippen molar-refractivity contribution in [3.63, 3.8) is 0 Å². The molecule has 3 aromatic rings. The van der Waals surface area contributed by atoms with E-state index in [1.54, 1.807) is 16.8 Å². The number of benzene rings is 2. The second-order valence-electron chi connectivity index (χ2n) is 7.76. The first-order valence-corrected chi connectivity index (χ1v) is 10.0. The van der Waals surface area contributed by atoms with Crippen molar-refractivity contribution in [3.05, 3.63) is 82.8 Å². The number of carbonyl (C=O) groups is 1. The number of hydrogen-bond donors (Lipinski definition) is 1. The van der Waals surface area contributed by atoms with Gasteiger partial charge in [-0.3, -0.25) is 4.90 Å². The van der Waals surface area contributed by atoms with E-state index in [2.05, 4.69) is 15.3 Å². The molecular weight excluding hydrogens is 419 g/mol. The average Bonchev–Trinajstić information content (AvgIpc) is 2.88. The molecule has 2 heterocycles. The van der Waals surface area contributed by atoms with Crippen LogP contribution in [0.3, 0.4) is 0 Å². The standard InChI is InChI=1S/C23H22F3N5O/c1-15-4-3-5-18(10-15)31-12-19-20(13-30(2)22(31)32)28-14-29-21(19)27-11-16-6-8-17(9-7-16)23(24,25)26/h3-10,14H,11-13H2,1-2H3,(H,27,28,29). The Morgan fingerprint density at radius 2 is 1.81 bits per heavy atom. The zero-order chi connectivity index (χ0) is 22.9. The predicted octanol–water partition coefficient (Wildman–Crippen LogP) is 4.99. The molecule has 0 fully saturated rings. The molecule has 0 spiro atoms. The van der Waals surface area contributed by atoms with E-state index in [0.29, 0.717) is 17.9 Å². The van der Waals surface area contributed by atoms with Gasteiger partial charge >= 0.3 is 12.2 Å². The van der Waals surface area contributed by atoms with E-state index in [-0.39, 0.29) is 19.1 Å². The number of aromatic nitrogens is 2. The number of hydrogen-bond acceptors (Lipinski definition) is 4. The van der Waals surface area contributed by atoms with Crippen molar-refractivity contribution in [2.75, 3.05) is 17.3 Å². The van der Waals surface area contributed by atoms with Gasteiger partial charge in [-0.1, -0.05) is 24.3 Å². The molecule has 0 unspecified atom stereocenters. The van der Waals surface area contributed by atoms with E-state index < -0.39 is 11.7 Å². The zero-order valence-corrected chi connectivity index (χ0v) is 17.6. The number of halogens is 3. The molecule has 1 N–H and O–H groups in total. The number of urea groups is 1. The van der Waals surface area contributed by atoms with Gasteiger partial charge in [0.25, 0.3) is 0 Å². The fourth-order valence-corrected chi connectivity index (χ4v) is 3.62. The second kappa shape index (κ2) is 8.49. The summed E-state index contributed by atoms with van der Waals surface area (Å²) in [6.45, 7) is 2.85. The van der Waals surface area contributed by atoms with Crippen molar-refractivity contribution in [3.8, 4) is 0 Å². The highest BCUT2D eigenvalue weighted by Crippen LogP contribution is 2.30. The Morgan fingerprint density at radius 3 is 2.50 bits per heavy atom. The Hall–Kier alpha value is -3.62. The summed E-state index contributed by atoms with van der Waals surface area (Å²) in [6.07, 6.45) is -2.94. The van der Waals surface area contributed by atoms with Gasteiger partial charge in [0.1, 0.15) is 12.1 Å². The van der Waals surface area contributed by atoms with Crippen LogP contribution in [0.5, 0.6) is 0 Å². The third kappa shape index (κ3) is 4.51. The lowest BCUT2D eigenvalue weighted by Crippen LogP contribution is -2.38. The quantitative estimate of drug-likeness (QED) is 0.620. The van der Waals surface area contributed by atoms with Crippen molar-refractivity contribution in [1.82, 2.24) is 14.9 Å². The van der Waals surface area contributed by atoms with Gasteiger partial charge in [-0.05, 0) is 42.3 Å². The van der Waals surface area contributed by atoms with Gasteiger partial charge in [0, 0.05) is 24.8 Å². The zero-order valence-electron chi connectivity index (χ0n) is 17.6. The summed E-state index contributed by atoms with van der Waals surface area (Å²) in [6, 6.07) is 12.5. The Labute approximate surface area is 183 Å². The summed E-state index contributed by atoms with van der Waals surface area (Å²) in [5.74, 6) is 0.552. The Bertz CT molecular complexity index is 1130. The number of aryl methyl sites for hydroxylation is 1. The maximum Gasteiger partial charge on any atom is 0.416 e. The SMILES string of the molecule is Cc1cccc(N2Cc3c(ncnc3NCc3ccc(C(F)(F)F)cc3)CN(C)C2=O)c1. The van der Waals surface area contributed by atoms with Gasteiger partial charge in [0.2, 0.25) is 0 Å². The lowest BCUT2D eigenvalue weighted by Gasteiger charge is -2.25. The largest absolute Gasteiger partial charge is 0.416 e. The van der Waals surface area contributed by atoms with Crippen LogP contribution in [0.4, 0.5) is 29.5 Å². The molecule has 0 radical (unpaired) electrons. The molecule has 2 aromatic carbocycles. The lowest BCUT2D eigenvalue weighted by molar-refractivity contribution is -0.137. The van der Waals surface area contributed by atoms with Gasteiger partial charge < -0.3 is 10.2 Å². The number of alkyl halides is 3. The highest BCUT2D eigenvalue weighted by molar-refractivity contribution is 5.92. The number of nitrogens with zero attached hydrogens (tertiary/aromatic N) is 4. The summed E-state index contributed by atoms with van der Waals surface area (Å²) in [4.78, 5) is 25.0. The molecule has 0 aliphatic carbocycles. The monoisotopic (exact) mass is 441 g/mol. The summed E-state index contributed by atoms with van der Waals surface area (Å²) < 4.78 is 38.4. The molecule has 1 aliphatic heterocycles. The molecule has 9 heteroatoms. The van der Waals surface area contributed by atoms with Crippen molar-refractivity contribution in [2.45, 2.75) is 32.7 Å². The third-order valence-corrected chi connectivity index (χ3v) is 5.35. The minimum Gasteiger partial charge on any atom is -0.366 e. The number of carbonyl (C=O) groups excluding carboxylic acids is 1. The van der Waals surface area contributed by atoms with E-state index in [1.807, 2.05) is 31.2 Å². The molecule has 4 rings (SSSR count). The van der Waals surface area contributed by atoms with Crippen LogP contribution in [0.2, 0.25) is 0 Å². The van der Waals surface area contributed by atoms with Crippen LogP contribution in [0.1, 0.15) is 27.9 Å². The number of nitrogens with one attached hydrogen (secondary N) is 1. The van der Waals surface area contributed by atoms with Gasteiger partial charge in [-0.2, -0.15) is 13.2 Å². The normalized spacial score (nSPS) is 14.2. The van der Waals surface area contributed by atoms with Crippen LogP contribution < -0.4 is 10.2 Å². The van der Waals surface area contributed by atoms with Crippen LogP contribution in [0.25, 0.3) is 0 Å². The van der Waals surface area contributed by atoms with Crippen molar-refractivity contribution < 1.29 is 18.0 Å². The van der Waals surface area contributed by atoms with E-state index >= 15 is 0 Å². The molecule has 1 aromatic heterocycles. The number of amides is 2. The average molecular weight is 441 g/mol. The summed E-state index contributed by atoms with van der Waals surface area (Å²) in [7, 11) is 1.72. The lowest BCUT2D eigenvalue weighted by atomic mass is 10.1. The Balaban J connectivity index is 1.60. The second-order valence-corrected chi connectivity index (χ2v) is 7.76. The first-order chi connectivity index (χ1) is 15.2. The smallest absolute Gasteiger partial charge is 0.366 e. The van der Waals surface area contributed by atoms with Crippen LogP contribution >= 0.6 is 0 Å². The molecule has 6 nitrogen and oxygen atoms in total. The Morgan fingerprint density at radius 1 is 1.06 bits per heavy atom. The van der Waals surface area contributed by atoms with Crippen molar-refractivity contribution in [2.24, 2.45) is 0 Å². The fourth-order valence-electron chi connectivity index (χ4n) is 3.62. The predicted molar refractivity (Wildman–Crippen MR) is 115 cm³/mol. The highest BCUT2D eigenvalue weighted by atomic mass is 19.4.